The van der Waals surface area contributed by atoms with Gasteiger partial charge in [-0.25, -0.2) is 0 Å². The summed E-state index contributed by atoms with van der Waals surface area (Å²) < 4.78 is 0. The highest BCUT2D eigenvalue weighted by Gasteiger charge is 2.44. The maximum absolute atomic E-state index is 12.8. The number of carbonyl (C=O) groups excluding carboxylic acids is 1. The maximum Gasteiger partial charge on any atom is 0.255 e. The van der Waals surface area contributed by atoms with Gasteiger partial charge in [0.1, 0.15) is 0 Å². The number of rotatable bonds is 2. The standard InChI is InChI=1S/C25H28N2O/c28-25(16-6-2-1-3-7-16)26-19-12-22-20-10-4-8-17(20)14-27-15-18-9-5-11-21(18)23(13-19)24(22)27/h1-3,6-7,12-13,17-18,20-21H,4-5,8-11,14-15H2,(H,26,28)/t17-,18-,20-,21+/m1/s1. The highest BCUT2D eigenvalue weighted by Crippen LogP contribution is 2.56. The van der Waals surface area contributed by atoms with Crippen LogP contribution < -0.4 is 10.2 Å². The van der Waals surface area contributed by atoms with E-state index in [-0.39, 0.29) is 5.91 Å². The molecule has 0 aromatic heterocycles. The monoisotopic (exact) mass is 372 g/mol. The molecule has 0 unspecified atom stereocenters. The predicted molar refractivity (Wildman–Crippen MR) is 113 cm³/mol. The SMILES string of the molecule is O=C(Nc1cc2c3c(c1)[C@@H]1CCC[C@@H]1CN3C[C@H]1CCC[C@H]21)c1ccccc1. The van der Waals surface area contributed by atoms with E-state index in [1.165, 1.54) is 62.7 Å². The summed E-state index contributed by atoms with van der Waals surface area (Å²) in [6.45, 7) is 2.51. The Bertz CT molecular complexity index is 876. The molecule has 2 aromatic carbocycles. The lowest BCUT2D eigenvalue weighted by Crippen LogP contribution is -2.43. The number of nitrogens with zero attached hydrogens (tertiary/aromatic N) is 1. The second kappa shape index (κ2) is 6.37. The Morgan fingerprint density at radius 3 is 2.07 bits per heavy atom. The van der Waals surface area contributed by atoms with E-state index in [1.54, 1.807) is 5.69 Å². The van der Waals surface area contributed by atoms with E-state index in [2.05, 4.69) is 22.3 Å². The Morgan fingerprint density at radius 2 is 1.46 bits per heavy atom. The summed E-state index contributed by atoms with van der Waals surface area (Å²) in [7, 11) is 0. The van der Waals surface area contributed by atoms with Gasteiger partial charge in [0.05, 0.1) is 0 Å². The van der Waals surface area contributed by atoms with Crippen molar-refractivity contribution >= 4 is 17.3 Å². The molecule has 0 spiro atoms. The molecule has 28 heavy (non-hydrogen) atoms. The minimum absolute atomic E-state index is 0.00201. The molecule has 4 atom stereocenters. The van der Waals surface area contributed by atoms with E-state index in [4.69, 9.17) is 0 Å². The van der Waals surface area contributed by atoms with E-state index in [9.17, 15) is 4.79 Å². The van der Waals surface area contributed by atoms with Crippen molar-refractivity contribution in [2.24, 2.45) is 11.8 Å². The minimum Gasteiger partial charge on any atom is -0.370 e. The van der Waals surface area contributed by atoms with Gasteiger partial charge in [0, 0.05) is 30.0 Å². The summed E-state index contributed by atoms with van der Waals surface area (Å²) in [4.78, 5) is 15.5. The Labute approximate surface area is 167 Å². The van der Waals surface area contributed by atoms with Gasteiger partial charge in [-0.05, 0) is 84.7 Å². The molecule has 2 saturated carbocycles. The average Bonchev–Trinajstić information content (AvgIpc) is 3.38. The van der Waals surface area contributed by atoms with Crippen LogP contribution in [-0.4, -0.2) is 19.0 Å². The van der Waals surface area contributed by atoms with E-state index < -0.39 is 0 Å². The summed E-state index contributed by atoms with van der Waals surface area (Å²) in [6, 6.07) is 14.2. The van der Waals surface area contributed by atoms with Crippen LogP contribution >= 0.6 is 0 Å². The Kier molecular flexibility index (Phi) is 3.78. The Morgan fingerprint density at radius 1 is 0.857 bits per heavy atom. The van der Waals surface area contributed by atoms with E-state index in [0.717, 1.165) is 23.1 Å². The summed E-state index contributed by atoms with van der Waals surface area (Å²) in [5, 5.41) is 3.22. The molecule has 2 aliphatic heterocycles. The number of amides is 1. The number of fused-ring (bicyclic) bond motifs is 4. The van der Waals surface area contributed by atoms with E-state index >= 15 is 0 Å². The van der Waals surface area contributed by atoms with Crippen molar-refractivity contribution in [2.75, 3.05) is 23.3 Å². The zero-order valence-electron chi connectivity index (χ0n) is 16.4. The second-order valence-corrected chi connectivity index (χ2v) is 9.32. The normalized spacial score (nSPS) is 29.8. The number of nitrogens with one attached hydrogen (secondary N) is 1. The van der Waals surface area contributed by atoms with Crippen molar-refractivity contribution in [1.29, 1.82) is 0 Å². The molecule has 2 aliphatic carbocycles. The van der Waals surface area contributed by atoms with Crippen LogP contribution in [0.5, 0.6) is 0 Å². The summed E-state index contributed by atoms with van der Waals surface area (Å²) in [5.74, 6) is 2.99. The van der Waals surface area contributed by atoms with Crippen LogP contribution in [0.1, 0.15) is 71.8 Å². The highest BCUT2D eigenvalue weighted by atomic mass is 16.1. The first-order valence-electron chi connectivity index (χ1n) is 11.1. The first-order valence-corrected chi connectivity index (χ1v) is 11.1. The zero-order chi connectivity index (χ0) is 18.7. The smallest absolute Gasteiger partial charge is 0.255 e. The second-order valence-electron chi connectivity index (χ2n) is 9.32. The van der Waals surface area contributed by atoms with Gasteiger partial charge < -0.3 is 10.2 Å². The third-order valence-corrected chi connectivity index (χ3v) is 7.81. The molecule has 2 fully saturated rings. The summed E-state index contributed by atoms with van der Waals surface area (Å²) in [5.41, 5.74) is 6.33. The van der Waals surface area contributed by atoms with Crippen molar-refractivity contribution < 1.29 is 4.79 Å². The van der Waals surface area contributed by atoms with Crippen LogP contribution in [0.25, 0.3) is 0 Å². The van der Waals surface area contributed by atoms with Crippen molar-refractivity contribution in [2.45, 2.75) is 50.4 Å². The quantitative estimate of drug-likeness (QED) is 0.751. The van der Waals surface area contributed by atoms with Crippen molar-refractivity contribution in [1.82, 2.24) is 0 Å². The lowest BCUT2D eigenvalue weighted by atomic mass is 9.75. The molecule has 0 saturated heterocycles. The average molecular weight is 373 g/mol. The third-order valence-electron chi connectivity index (χ3n) is 7.81. The number of anilines is 2. The van der Waals surface area contributed by atoms with Gasteiger partial charge in [-0.3, -0.25) is 4.79 Å². The molecule has 2 heterocycles. The lowest BCUT2D eigenvalue weighted by molar-refractivity contribution is 0.102. The van der Waals surface area contributed by atoms with Gasteiger partial charge in [0.2, 0.25) is 0 Å². The molecule has 0 radical (unpaired) electrons. The molecule has 0 bridgehead atoms. The molecule has 3 heteroatoms. The van der Waals surface area contributed by atoms with Crippen LogP contribution in [0.2, 0.25) is 0 Å². The highest BCUT2D eigenvalue weighted by molar-refractivity contribution is 6.04. The predicted octanol–water partition coefficient (Wildman–Crippen LogP) is 5.54. The Balaban J connectivity index is 1.43. The molecule has 144 valence electrons. The van der Waals surface area contributed by atoms with Gasteiger partial charge in [0.25, 0.3) is 5.91 Å². The summed E-state index contributed by atoms with van der Waals surface area (Å²) in [6.07, 6.45) is 8.07. The molecule has 1 amide bonds. The molecule has 4 aliphatic rings. The van der Waals surface area contributed by atoms with Gasteiger partial charge in [-0.15, -0.1) is 0 Å². The molecular formula is C25H28N2O. The number of carbonyl (C=O) groups is 1. The fourth-order valence-corrected chi connectivity index (χ4v) is 6.63. The Hall–Kier alpha value is -2.29. The maximum atomic E-state index is 12.8. The first-order chi connectivity index (χ1) is 13.8. The fraction of sp³-hybridized carbons (Fsp3) is 0.480. The van der Waals surface area contributed by atoms with Crippen LogP contribution in [0, 0.1) is 11.8 Å². The first kappa shape index (κ1) is 16.6. The third kappa shape index (κ3) is 2.52. The number of hydrogen-bond donors (Lipinski definition) is 1. The molecule has 6 rings (SSSR count). The van der Waals surface area contributed by atoms with Crippen LogP contribution in [-0.2, 0) is 0 Å². The van der Waals surface area contributed by atoms with Gasteiger partial charge >= 0.3 is 0 Å². The fourth-order valence-electron chi connectivity index (χ4n) is 6.63. The van der Waals surface area contributed by atoms with E-state index in [0.29, 0.717) is 11.8 Å². The van der Waals surface area contributed by atoms with Gasteiger partial charge in [0.15, 0.2) is 0 Å². The lowest BCUT2D eigenvalue weighted by Gasteiger charge is -2.46. The van der Waals surface area contributed by atoms with Crippen molar-refractivity contribution in [3.8, 4) is 0 Å². The van der Waals surface area contributed by atoms with Crippen molar-refractivity contribution in [3.05, 3.63) is 59.2 Å². The number of hydrogen-bond acceptors (Lipinski definition) is 2. The molecule has 2 aromatic rings. The van der Waals surface area contributed by atoms with Crippen LogP contribution in [0.3, 0.4) is 0 Å². The zero-order valence-corrected chi connectivity index (χ0v) is 16.4. The molecular weight excluding hydrogens is 344 g/mol. The summed E-state index contributed by atoms with van der Waals surface area (Å²) >= 11 is 0. The van der Waals surface area contributed by atoms with Gasteiger partial charge in [-0.2, -0.15) is 0 Å². The van der Waals surface area contributed by atoms with Crippen LogP contribution in [0.4, 0.5) is 11.4 Å². The van der Waals surface area contributed by atoms with Crippen molar-refractivity contribution in [3.63, 3.8) is 0 Å². The number of benzene rings is 2. The largest absolute Gasteiger partial charge is 0.370 e. The van der Waals surface area contributed by atoms with E-state index in [1.807, 2.05) is 30.3 Å². The molecule has 1 N–H and O–H groups in total. The minimum atomic E-state index is 0.00201. The topological polar surface area (TPSA) is 32.3 Å². The van der Waals surface area contributed by atoms with Gasteiger partial charge in [-0.1, -0.05) is 31.0 Å². The molecule has 3 nitrogen and oxygen atoms in total. The van der Waals surface area contributed by atoms with Crippen LogP contribution in [0.15, 0.2) is 42.5 Å².